The third-order valence-electron chi connectivity index (χ3n) is 4.00. The Morgan fingerprint density at radius 3 is 2.82 bits per heavy atom. The fraction of sp³-hybridized carbons (Fsp3) is 0.294. The summed E-state index contributed by atoms with van der Waals surface area (Å²) in [5, 5.41) is 13.0. The Hall–Kier alpha value is -2.40. The minimum atomic E-state index is -0.596. The van der Waals surface area contributed by atoms with Crippen molar-refractivity contribution < 1.29 is 9.90 Å². The Bertz CT molecular complexity index is 738. The summed E-state index contributed by atoms with van der Waals surface area (Å²) in [6.45, 7) is 0.329. The van der Waals surface area contributed by atoms with Gasteiger partial charge in [-0.2, -0.15) is 0 Å². The number of carbonyl (C=O) groups excluding carboxylic acids is 1. The van der Waals surface area contributed by atoms with E-state index in [4.69, 9.17) is 0 Å². The largest absolute Gasteiger partial charge is 0.390 e. The maximum Gasteiger partial charge on any atom is 0.250 e. The van der Waals surface area contributed by atoms with E-state index in [0.717, 1.165) is 11.1 Å². The first-order chi connectivity index (χ1) is 10.6. The molecule has 2 N–H and O–H groups in total. The quantitative estimate of drug-likeness (QED) is 0.885. The van der Waals surface area contributed by atoms with Crippen molar-refractivity contribution in [3.8, 4) is 0 Å². The summed E-state index contributed by atoms with van der Waals surface area (Å²) < 4.78 is 1.50. The van der Waals surface area contributed by atoms with Crippen molar-refractivity contribution in [1.29, 1.82) is 0 Å². The first-order valence-electron chi connectivity index (χ1n) is 7.36. The number of benzene rings is 1. The second-order valence-corrected chi connectivity index (χ2v) is 5.50. The van der Waals surface area contributed by atoms with E-state index >= 15 is 0 Å². The number of amides is 1. The smallest absolute Gasteiger partial charge is 0.250 e. The van der Waals surface area contributed by atoms with Crippen molar-refractivity contribution in [3.63, 3.8) is 0 Å². The zero-order valence-electron chi connectivity index (χ0n) is 12.1. The van der Waals surface area contributed by atoms with Crippen molar-refractivity contribution in [2.45, 2.75) is 31.5 Å². The molecule has 22 heavy (non-hydrogen) atoms. The average Bonchev–Trinajstić information content (AvgIpc) is 2.83. The zero-order valence-corrected chi connectivity index (χ0v) is 12.1. The number of carbonyl (C=O) groups is 1. The van der Waals surface area contributed by atoms with Crippen LogP contribution in [0.1, 0.15) is 23.6 Å². The summed E-state index contributed by atoms with van der Waals surface area (Å²) in [4.78, 5) is 23.7. The molecule has 1 aliphatic rings. The summed E-state index contributed by atoms with van der Waals surface area (Å²) in [6, 6.07) is 12.3. The van der Waals surface area contributed by atoms with Gasteiger partial charge < -0.3 is 15.0 Å². The first-order valence-corrected chi connectivity index (χ1v) is 7.36. The van der Waals surface area contributed by atoms with Gasteiger partial charge in [-0.15, -0.1) is 0 Å². The Balaban J connectivity index is 1.63. The van der Waals surface area contributed by atoms with E-state index in [0.29, 0.717) is 13.0 Å². The summed E-state index contributed by atoms with van der Waals surface area (Å²) in [5.41, 5.74) is 1.92. The number of aliphatic hydroxyl groups is 1. The number of nitrogens with zero attached hydrogens (tertiary/aromatic N) is 1. The highest BCUT2D eigenvalue weighted by Crippen LogP contribution is 2.31. The van der Waals surface area contributed by atoms with Crippen molar-refractivity contribution in [2.75, 3.05) is 0 Å². The van der Waals surface area contributed by atoms with Crippen LogP contribution in [0.2, 0.25) is 0 Å². The van der Waals surface area contributed by atoms with Crippen LogP contribution in [0, 0.1) is 0 Å². The van der Waals surface area contributed by atoms with Gasteiger partial charge in [0.1, 0.15) is 0 Å². The van der Waals surface area contributed by atoms with Gasteiger partial charge in [-0.3, -0.25) is 9.59 Å². The molecule has 0 aliphatic heterocycles. The number of fused-ring (bicyclic) bond motifs is 1. The Labute approximate surface area is 128 Å². The topological polar surface area (TPSA) is 71.3 Å². The number of pyridine rings is 1. The Morgan fingerprint density at radius 1 is 1.23 bits per heavy atom. The van der Waals surface area contributed by atoms with Crippen molar-refractivity contribution in [2.24, 2.45) is 0 Å². The van der Waals surface area contributed by atoms with Crippen LogP contribution in [0.5, 0.6) is 0 Å². The van der Waals surface area contributed by atoms with Crippen molar-refractivity contribution in [3.05, 3.63) is 70.1 Å². The molecule has 2 atom stereocenters. The molecule has 1 heterocycles. The molecule has 0 spiro atoms. The van der Waals surface area contributed by atoms with Crippen LogP contribution in [0.3, 0.4) is 0 Å². The number of nitrogens with one attached hydrogen (secondary N) is 1. The molecular weight excluding hydrogens is 280 g/mol. The lowest BCUT2D eigenvalue weighted by atomic mass is 10.1. The van der Waals surface area contributed by atoms with Gasteiger partial charge in [0.05, 0.1) is 12.1 Å². The number of aromatic nitrogens is 1. The van der Waals surface area contributed by atoms with Crippen LogP contribution < -0.4 is 10.9 Å². The molecule has 3 rings (SSSR count). The van der Waals surface area contributed by atoms with E-state index in [2.05, 4.69) is 5.32 Å². The number of rotatable bonds is 4. The zero-order chi connectivity index (χ0) is 15.5. The number of hydrogen-bond acceptors (Lipinski definition) is 3. The average molecular weight is 298 g/mol. The molecule has 1 amide bonds. The van der Waals surface area contributed by atoms with Gasteiger partial charge in [-0.05, 0) is 17.2 Å². The molecule has 0 radical (unpaired) electrons. The fourth-order valence-electron chi connectivity index (χ4n) is 2.86. The van der Waals surface area contributed by atoms with Gasteiger partial charge in [0, 0.05) is 31.6 Å². The van der Waals surface area contributed by atoms with Crippen LogP contribution in [-0.2, 0) is 17.8 Å². The molecule has 2 aromatic rings. The van der Waals surface area contributed by atoms with Crippen LogP contribution in [0.25, 0.3) is 0 Å². The van der Waals surface area contributed by atoms with E-state index in [1.807, 2.05) is 24.3 Å². The number of aryl methyl sites for hydroxylation is 1. The molecule has 1 aromatic heterocycles. The highest BCUT2D eigenvalue weighted by molar-refractivity contribution is 5.76. The normalized spacial score (nSPS) is 19.7. The van der Waals surface area contributed by atoms with Crippen LogP contribution in [-0.4, -0.2) is 21.7 Å². The Morgan fingerprint density at radius 2 is 2.00 bits per heavy atom. The van der Waals surface area contributed by atoms with Gasteiger partial charge in [0.15, 0.2) is 0 Å². The minimum absolute atomic E-state index is 0.124. The first kappa shape index (κ1) is 14.5. The maximum absolute atomic E-state index is 12.1. The van der Waals surface area contributed by atoms with E-state index < -0.39 is 6.10 Å². The van der Waals surface area contributed by atoms with Crippen molar-refractivity contribution in [1.82, 2.24) is 9.88 Å². The monoisotopic (exact) mass is 298 g/mol. The van der Waals surface area contributed by atoms with Gasteiger partial charge >= 0.3 is 0 Å². The number of aliphatic hydroxyl groups excluding tert-OH is 1. The van der Waals surface area contributed by atoms with E-state index in [1.54, 1.807) is 18.3 Å². The van der Waals surface area contributed by atoms with Crippen LogP contribution in [0.15, 0.2) is 53.5 Å². The number of hydrogen-bond donors (Lipinski definition) is 2. The lowest BCUT2D eigenvalue weighted by Gasteiger charge is -2.18. The molecule has 0 saturated heterocycles. The summed E-state index contributed by atoms with van der Waals surface area (Å²) >= 11 is 0. The van der Waals surface area contributed by atoms with E-state index in [-0.39, 0.29) is 23.9 Å². The van der Waals surface area contributed by atoms with E-state index in [9.17, 15) is 14.7 Å². The lowest BCUT2D eigenvalue weighted by molar-refractivity contribution is -0.122. The second-order valence-electron chi connectivity index (χ2n) is 5.50. The van der Waals surface area contributed by atoms with Crippen LogP contribution >= 0.6 is 0 Å². The SMILES string of the molecule is O=C(CCn1ccccc1=O)NC1c2ccccc2CC1O. The molecular formula is C17H18N2O3. The molecule has 5 heteroatoms. The summed E-state index contributed by atoms with van der Waals surface area (Å²) in [5.74, 6) is -0.170. The highest BCUT2D eigenvalue weighted by Gasteiger charge is 2.31. The van der Waals surface area contributed by atoms with Gasteiger partial charge in [0.25, 0.3) is 5.56 Å². The minimum Gasteiger partial charge on any atom is -0.390 e. The maximum atomic E-state index is 12.1. The van der Waals surface area contributed by atoms with Crippen LogP contribution in [0.4, 0.5) is 0 Å². The third kappa shape index (κ3) is 2.94. The molecule has 5 nitrogen and oxygen atoms in total. The predicted octanol–water partition coefficient (Wildman–Crippen LogP) is 1.01. The highest BCUT2D eigenvalue weighted by atomic mass is 16.3. The molecule has 0 fully saturated rings. The van der Waals surface area contributed by atoms with Crippen molar-refractivity contribution >= 4 is 5.91 Å². The molecule has 1 aliphatic carbocycles. The standard InChI is InChI=1S/C17H18N2O3/c20-14-11-12-5-1-2-6-13(12)17(14)18-15(21)8-10-19-9-4-3-7-16(19)22/h1-7,9,14,17,20H,8,10-11H2,(H,18,21). The van der Waals surface area contributed by atoms with E-state index in [1.165, 1.54) is 10.6 Å². The van der Waals surface area contributed by atoms with Gasteiger partial charge in [-0.25, -0.2) is 0 Å². The fourth-order valence-corrected chi connectivity index (χ4v) is 2.86. The Kier molecular flexibility index (Phi) is 4.06. The molecule has 114 valence electrons. The molecule has 0 bridgehead atoms. The van der Waals surface area contributed by atoms with Gasteiger partial charge in [-0.1, -0.05) is 30.3 Å². The summed E-state index contributed by atoms with van der Waals surface area (Å²) in [7, 11) is 0. The molecule has 0 saturated carbocycles. The second kappa shape index (κ2) is 6.15. The predicted molar refractivity (Wildman–Crippen MR) is 82.4 cm³/mol. The lowest BCUT2D eigenvalue weighted by Crippen LogP contribution is -2.34. The van der Waals surface area contributed by atoms with Gasteiger partial charge in [0.2, 0.25) is 5.91 Å². The third-order valence-corrected chi connectivity index (χ3v) is 4.00. The summed E-state index contributed by atoms with van der Waals surface area (Å²) in [6.07, 6.45) is 1.82. The molecule has 1 aromatic carbocycles. The molecule has 2 unspecified atom stereocenters.